The largest absolute Gasteiger partial charge is 0.382 e. The fraction of sp³-hybridized carbons (Fsp3) is 0.438. The first-order valence-corrected chi connectivity index (χ1v) is 8.04. The van der Waals surface area contributed by atoms with Gasteiger partial charge in [0.15, 0.2) is 5.11 Å². The maximum Gasteiger partial charge on any atom is 0.245 e. The molecule has 0 saturated heterocycles. The van der Waals surface area contributed by atoms with Crippen LogP contribution in [-0.4, -0.2) is 43.2 Å². The Kier molecular flexibility index (Phi) is 8.74. The Balaban J connectivity index is 2.52. The van der Waals surface area contributed by atoms with Gasteiger partial charge in [0.1, 0.15) is 6.04 Å². The van der Waals surface area contributed by atoms with Crippen LogP contribution in [0.1, 0.15) is 19.4 Å². The van der Waals surface area contributed by atoms with Gasteiger partial charge in [-0.15, -0.1) is 0 Å². The first-order valence-electron chi connectivity index (χ1n) is 7.63. The summed E-state index contributed by atoms with van der Waals surface area (Å²) in [5.41, 5.74) is 1.80. The number of amides is 2. The molecule has 0 aliphatic rings. The summed E-state index contributed by atoms with van der Waals surface area (Å²) in [5, 5.41) is 12.0. The minimum atomic E-state index is -0.703. The van der Waals surface area contributed by atoms with E-state index in [1.54, 1.807) is 0 Å². The van der Waals surface area contributed by atoms with Gasteiger partial charge in [-0.3, -0.25) is 9.59 Å². The third kappa shape index (κ3) is 7.38. The average molecular weight is 352 g/mol. The predicted molar refractivity (Wildman–Crippen MR) is 97.7 cm³/mol. The zero-order valence-corrected chi connectivity index (χ0v) is 15.0. The summed E-state index contributed by atoms with van der Waals surface area (Å²) in [4.78, 5) is 23.2. The number of ether oxygens (including phenoxy) is 1. The van der Waals surface area contributed by atoms with Crippen LogP contribution in [0, 0.1) is 0 Å². The van der Waals surface area contributed by atoms with Gasteiger partial charge in [0, 0.05) is 32.8 Å². The second kappa shape index (κ2) is 10.6. The van der Waals surface area contributed by atoms with Crippen LogP contribution in [0.5, 0.6) is 0 Å². The van der Waals surface area contributed by atoms with Gasteiger partial charge in [0.05, 0.1) is 6.61 Å². The fourth-order valence-electron chi connectivity index (χ4n) is 1.95. The van der Waals surface area contributed by atoms with Crippen molar-refractivity contribution in [2.24, 2.45) is 0 Å². The highest BCUT2D eigenvalue weighted by atomic mass is 32.1. The number of methoxy groups -OCH3 is 1. The quantitative estimate of drug-likeness (QED) is 0.517. The molecule has 0 spiro atoms. The molecule has 0 saturated carbocycles. The van der Waals surface area contributed by atoms with Crippen molar-refractivity contribution in [1.82, 2.24) is 16.0 Å². The minimum Gasteiger partial charge on any atom is -0.382 e. The second-order valence-electron chi connectivity index (χ2n) is 5.11. The molecule has 0 unspecified atom stereocenters. The second-order valence-corrected chi connectivity index (χ2v) is 5.52. The van der Waals surface area contributed by atoms with Crippen LogP contribution >= 0.6 is 12.2 Å². The van der Waals surface area contributed by atoms with Gasteiger partial charge in [0.2, 0.25) is 11.8 Å². The zero-order valence-electron chi connectivity index (χ0n) is 14.1. The molecule has 0 aliphatic heterocycles. The maximum absolute atomic E-state index is 12.1. The van der Waals surface area contributed by atoms with Crippen molar-refractivity contribution >= 4 is 34.8 Å². The van der Waals surface area contributed by atoms with Gasteiger partial charge >= 0.3 is 0 Å². The number of carbonyl (C=O) groups is 2. The Morgan fingerprint density at radius 2 is 1.88 bits per heavy atom. The van der Waals surface area contributed by atoms with Gasteiger partial charge in [-0.25, -0.2) is 0 Å². The number of benzene rings is 1. The van der Waals surface area contributed by atoms with Gasteiger partial charge in [-0.1, -0.05) is 12.1 Å². The molecule has 0 bridgehead atoms. The van der Waals surface area contributed by atoms with Gasteiger partial charge in [0.25, 0.3) is 0 Å². The van der Waals surface area contributed by atoms with Crippen molar-refractivity contribution < 1.29 is 14.3 Å². The molecule has 1 aromatic carbocycles. The monoisotopic (exact) mass is 352 g/mol. The molecule has 8 heteroatoms. The molecule has 4 N–H and O–H groups in total. The van der Waals surface area contributed by atoms with Crippen LogP contribution in [-0.2, 0) is 20.9 Å². The third-order valence-corrected chi connectivity index (χ3v) is 3.29. The molecule has 2 amide bonds. The molecule has 7 nitrogen and oxygen atoms in total. The lowest BCUT2D eigenvalue weighted by Gasteiger charge is -2.16. The van der Waals surface area contributed by atoms with Crippen molar-refractivity contribution in [3.8, 4) is 0 Å². The van der Waals surface area contributed by atoms with E-state index in [0.29, 0.717) is 11.7 Å². The standard InChI is InChI=1S/C16H24N4O3S/c1-4-17-16(24)20-13-7-5-12(6-8-13)9-18-15(22)14(10-23-3)19-11(2)21/h5-8,14H,4,9-10H2,1-3H3,(H,18,22)(H,19,21)(H2,17,20,24)/t14-/m1/s1. The van der Waals surface area contributed by atoms with E-state index in [9.17, 15) is 9.59 Å². The van der Waals surface area contributed by atoms with Crippen LogP contribution in [0.2, 0.25) is 0 Å². The van der Waals surface area contributed by atoms with Crippen molar-refractivity contribution in [3.63, 3.8) is 0 Å². The summed E-state index contributed by atoms with van der Waals surface area (Å²) in [6.07, 6.45) is 0. The van der Waals surface area contributed by atoms with Crippen molar-refractivity contribution in [1.29, 1.82) is 0 Å². The molecule has 132 valence electrons. The molecule has 0 aliphatic carbocycles. The Bertz CT molecular complexity index is 563. The predicted octanol–water partition coefficient (Wildman–Crippen LogP) is 0.760. The number of carbonyl (C=O) groups excluding carboxylic acids is 2. The summed E-state index contributed by atoms with van der Waals surface area (Å²) in [6.45, 7) is 4.57. The minimum absolute atomic E-state index is 0.121. The van der Waals surface area contributed by atoms with Crippen LogP contribution in [0.25, 0.3) is 0 Å². The average Bonchev–Trinajstić information content (AvgIpc) is 2.53. The van der Waals surface area contributed by atoms with Gasteiger partial charge in [-0.05, 0) is 36.8 Å². The van der Waals surface area contributed by atoms with Crippen LogP contribution in [0.3, 0.4) is 0 Å². The summed E-state index contributed by atoms with van der Waals surface area (Å²) >= 11 is 5.12. The lowest BCUT2D eigenvalue weighted by Crippen LogP contribution is -2.48. The van der Waals surface area contributed by atoms with Crippen LogP contribution in [0.4, 0.5) is 5.69 Å². The van der Waals surface area contributed by atoms with E-state index in [4.69, 9.17) is 17.0 Å². The number of thiocarbonyl (C=S) groups is 1. The SMILES string of the molecule is CCNC(=S)Nc1ccc(CNC(=O)[C@@H](COC)NC(C)=O)cc1. The van der Waals surface area contributed by atoms with Crippen molar-refractivity contribution in [3.05, 3.63) is 29.8 Å². The summed E-state index contributed by atoms with van der Waals surface area (Å²) in [5.74, 6) is -0.568. The highest BCUT2D eigenvalue weighted by molar-refractivity contribution is 7.80. The molecule has 0 heterocycles. The molecule has 1 atom stereocenters. The Labute approximate surface area is 147 Å². The molecule has 1 rings (SSSR count). The van der Waals surface area contributed by atoms with Gasteiger partial charge < -0.3 is 26.0 Å². The molecule has 0 radical (unpaired) electrons. The van der Waals surface area contributed by atoms with E-state index in [1.807, 2.05) is 31.2 Å². The van der Waals surface area contributed by atoms with E-state index in [0.717, 1.165) is 17.8 Å². The topological polar surface area (TPSA) is 91.5 Å². The Morgan fingerprint density at radius 3 is 2.42 bits per heavy atom. The Hall–Kier alpha value is -2.19. The van der Waals surface area contributed by atoms with Crippen LogP contribution in [0.15, 0.2) is 24.3 Å². The van der Waals surface area contributed by atoms with Crippen molar-refractivity contribution in [2.45, 2.75) is 26.4 Å². The molecule has 0 aromatic heterocycles. The van der Waals surface area contributed by atoms with Crippen LogP contribution < -0.4 is 21.3 Å². The molecule has 1 aromatic rings. The molecular weight excluding hydrogens is 328 g/mol. The zero-order chi connectivity index (χ0) is 17.9. The van der Waals surface area contributed by atoms with E-state index in [1.165, 1.54) is 14.0 Å². The molecule has 0 fully saturated rings. The number of rotatable bonds is 8. The first kappa shape index (κ1) is 19.9. The number of hydrogen-bond donors (Lipinski definition) is 4. The number of nitrogens with one attached hydrogen (secondary N) is 4. The fourth-order valence-corrected chi connectivity index (χ4v) is 2.21. The van der Waals surface area contributed by atoms with E-state index >= 15 is 0 Å². The molecule has 24 heavy (non-hydrogen) atoms. The lowest BCUT2D eigenvalue weighted by molar-refractivity contribution is -0.129. The van der Waals surface area contributed by atoms with E-state index in [-0.39, 0.29) is 18.4 Å². The number of hydrogen-bond acceptors (Lipinski definition) is 4. The smallest absolute Gasteiger partial charge is 0.245 e. The van der Waals surface area contributed by atoms with E-state index in [2.05, 4.69) is 21.3 Å². The van der Waals surface area contributed by atoms with E-state index < -0.39 is 6.04 Å². The summed E-state index contributed by atoms with van der Waals surface area (Å²) in [6, 6.07) is 6.84. The summed E-state index contributed by atoms with van der Waals surface area (Å²) < 4.78 is 4.95. The summed E-state index contributed by atoms with van der Waals surface area (Å²) in [7, 11) is 1.48. The highest BCUT2D eigenvalue weighted by Gasteiger charge is 2.18. The maximum atomic E-state index is 12.1. The van der Waals surface area contributed by atoms with Crippen molar-refractivity contribution in [2.75, 3.05) is 25.6 Å². The van der Waals surface area contributed by atoms with Gasteiger partial charge in [-0.2, -0.15) is 0 Å². The molecular formula is C16H24N4O3S. The Morgan fingerprint density at radius 1 is 1.21 bits per heavy atom. The normalized spacial score (nSPS) is 11.3. The third-order valence-electron chi connectivity index (χ3n) is 3.04. The first-order chi connectivity index (χ1) is 11.5. The number of anilines is 1. The highest BCUT2D eigenvalue weighted by Crippen LogP contribution is 2.09. The lowest BCUT2D eigenvalue weighted by atomic mass is 10.2.